The molecule has 0 fully saturated rings. The van der Waals surface area contributed by atoms with Gasteiger partial charge in [0, 0.05) is 6.20 Å². The quantitative estimate of drug-likeness (QED) is 0.700. The average Bonchev–Trinajstić information content (AvgIpc) is 2.30. The van der Waals surface area contributed by atoms with Gasteiger partial charge in [0.2, 0.25) is 5.88 Å². The van der Waals surface area contributed by atoms with Crippen LogP contribution in [0.1, 0.15) is 51.0 Å². The minimum absolute atomic E-state index is 0.573. The van der Waals surface area contributed by atoms with Gasteiger partial charge in [-0.15, -0.1) is 0 Å². The standard InChI is InChI=1S/C14H24N2O/c1-3-4-5-6-7-8-9-17-14-13(15)10-12(2)11-16-14/h10-11H,3-9,15H2,1-2H3. The Morgan fingerprint density at radius 3 is 2.59 bits per heavy atom. The predicted octanol–water partition coefficient (Wildman–Crippen LogP) is 3.71. The molecule has 96 valence electrons. The lowest BCUT2D eigenvalue weighted by Gasteiger charge is -2.07. The number of hydrogen-bond acceptors (Lipinski definition) is 3. The van der Waals surface area contributed by atoms with Crippen LogP contribution in [0, 0.1) is 6.92 Å². The molecule has 0 saturated heterocycles. The summed E-state index contributed by atoms with van der Waals surface area (Å²) in [4.78, 5) is 4.18. The SMILES string of the molecule is CCCCCCCCOc1ncc(C)cc1N. The van der Waals surface area contributed by atoms with Crippen molar-refractivity contribution < 1.29 is 4.74 Å². The van der Waals surface area contributed by atoms with Crippen molar-refractivity contribution in [1.82, 2.24) is 4.98 Å². The van der Waals surface area contributed by atoms with Gasteiger partial charge in [-0.25, -0.2) is 4.98 Å². The molecule has 0 amide bonds. The van der Waals surface area contributed by atoms with Crippen LogP contribution in [-0.2, 0) is 0 Å². The van der Waals surface area contributed by atoms with Crippen molar-refractivity contribution in [2.45, 2.75) is 52.4 Å². The van der Waals surface area contributed by atoms with Crippen LogP contribution in [-0.4, -0.2) is 11.6 Å². The van der Waals surface area contributed by atoms with E-state index in [1.807, 2.05) is 13.0 Å². The number of ether oxygens (including phenoxy) is 1. The van der Waals surface area contributed by atoms with Crippen molar-refractivity contribution in [2.75, 3.05) is 12.3 Å². The molecule has 1 aromatic rings. The molecule has 0 aliphatic heterocycles. The van der Waals surface area contributed by atoms with Crippen LogP contribution < -0.4 is 10.5 Å². The number of anilines is 1. The van der Waals surface area contributed by atoms with Gasteiger partial charge in [0.15, 0.2) is 0 Å². The van der Waals surface area contributed by atoms with Crippen LogP contribution in [0.15, 0.2) is 12.3 Å². The number of aryl methyl sites for hydroxylation is 1. The highest BCUT2D eigenvalue weighted by molar-refractivity contribution is 5.49. The third-order valence-corrected chi connectivity index (χ3v) is 2.75. The van der Waals surface area contributed by atoms with Crippen molar-refractivity contribution in [3.8, 4) is 5.88 Å². The number of hydrogen-bond donors (Lipinski definition) is 1. The minimum Gasteiger partial charge on any atom is -0.476 e. The molecule has 0 bridgehead atoms. The molecule has 0 saturated carbocycles. The Hall–Kier alpha value is -1.25. The summed E-state index contributed by atoms with van der Waals surface area (Å²) in [6.07, 6.45) is 9.36. The summed E-state index contributed by atoms with van der Waals surface area (Å²) in [5, 5.41) is 0. The Morgan fingerprint density at radius 1 is 1.18 bits per heavy atom. The molecule has 0 aliphatic carbocycles. The predicted molar refractivity (Wildman–Crippen MR) is 72.3 cm³/mol. The smallest absolute Gasteiger partial charge is 0.237 e. The van der Waals surface area contributed by atoms with Crippen molar-refractivity contribution in [2.24, 2.45) is 0 Å². The largest absolute Gasteiger partial charge is 0.476 e. The fourth-order valence-electron chi connectivity index (χ4n) is 1.75. The summed E-state index contributed by atoms with van der Waals surface area (Å²) in [7, 11) is 0. The Kier molecular flexibility index (Phi) is 6.45. The van der Waals surface area contributed by atoms with E-state index >= 15 is 0 Å². The van der Waals surface area contributed by atoms with Crippen molar-refractivity contribution in [3.63, 3.8) is 0 Å². The van der Waals surface area contributed by atoms with Crippen LogP contribution in [0.4, 0.5) is 5.69 Å². The maximum atomic E-state index is 5.81. The van der Waals surface area contributed by atoms with Crippen LogP contribution >= 0.6 is 0 Å². The number of nitrogens with zero attached hydrogens (tertiary/aromatic N) is 1. The second-order valence-electron chi connectivity index (χ2n) is 4.52. The summed E-state index contributed by atoms with van der Waals surface area (Å²) >= 11 is 0. The Bertz CT molecular complexity index is 326. The molecule has 0 aromatic carbocycles. The minimum atomic E-state index is 0.573. The van der Waals surface area contributed by atoms with Gasteiger partial charge in [-0.3, -0.25) is 0 Å². The van der Waals surface area contributed by atoms with E-state index in [1.165, 1.54) is 32.1 Å². The molecule has 3 heteroatoms. The van der Waals surface area contributed by atoms with Crippen molar-refractivity contribution in [3.05, 3.63) is 17.8 Å². The Balaban J connectivity index is 2.14. The van der Waals surface area contributed by atoms with Gasteiger partial charge in [-0.05, 0) is 25.0 Å². The monoisotopic (exact) mass is 236 g/mol. The Morgan fingerprint density at radius 2 is 1.88 bits per heavy atom. The highest BCUT2D eigenvalue weighted by atomic mass is 16.5. The van der Waals surface area contributed by atoms with E-state index in [-0.39, 0.29) is 0 Å². The summed E-state index contributed by atoms with van der Waals surface area (Å²) < 4.78 is 5.56. The maximum absolute atomic E-state index is 5.81. The normalized spacial score (nSPS) is 10.5. The van der Waals surface area contributed by atoms with Crippen molar-refractivity contribution in [1.29, 1.82) is 0 Å². The molecule has 1 aromatic heterocycles. The molecule has 0 spiro atoms. The molecule has 1 rings (SSSR count). The van der Waals surface area contributed by atoms with Gasteiger partial charge in [-0.2, -0.15) is 0 Å². The number of nitrogens with two attached hydrogens (primary N) is 1. The third-order valence-electron chi connectivity index (χ3n) is 2.75. The van der Waals surface area contributed by atoms with E-state index in [4.69, 9.17) is 10.5 Å². The van der Waals surface area contributed by atoms with Crippen molar-refractivity contribution >= 4 is 5.69 Å². The van der Waals surface area contributed by atoms with Gasteiger partial charge in [-0.1, -0.05) is 39.0 Å². The second kappa shape index (κ2) is 7.93. The summed E-state index contributed by atoms with van der Waals surface area (Å²) in [5.41, 5.74) is 7.51. The van der Waals surface area contributed by atoms with Crippen LogP contribution in [0.3, 0.4) is 0 Å². The topological polar surface area (TPSA) is 48.1 Å². The summed E-state index contributed by atoms with van der Waals surface area (Å²) in [5.74, 6) is 0.573. The molecule has 2 N–H and O–H groups in total. The van der Waals surface area contributed by atoms with E-state index in [9.17, 15) is 0 Å². The summed E-state index contributed by atoms with van der Waals surface area (Å²) in [6.45, 7) is 4.92. The number of pyridine rings is 1. The zero-order valence-electron chi connectivity index (χ0n) is 11.0. The first-order chi connectivity index (χ1) is 8.24. The van der Waals surface area contributed by atoms with Gasteiger partial charge >= 0.3 is 0 Å². The molecule has 0 atom stereocenters. The molecule has 17 heavy (non-hydrogen) atoms. The van der Waals surface area contributed by atoms with E-state index in [0.717, 1.165) is 12.0 Å². The molecule has 0 unspecified atom stereocenters. The lowest BCUT2D eigenvalue weighted by molar-refractivity contribution is 0.295. The Labute approximate surface area is 104 Å². The zero-order chi connectivity index (χ0) is 12.5. The number of unbranched alkanes of at least 4 members (excludes halogenated alkanes) is 5. The molecule has 1 heterocycles. The van der Waals surface area contributed by atoms with Crippen LogP contribution in [0.5, 0.6) is 5.88 Å². The fraction of sp³-hybridized carbons (Fsp3) is 0.643. The number of rotatable bonds is 8. The molecule has 0 radical (unpaired) electrons. The zero-order valence-corrected chi connectivity index (χ0v) is 11.0. The fourth-order valence-corrected chi connectivity index (χ4v) is 1.75. The maximum Gasteiger partial charge on any atom is 0.237 e. The van der Waals surface area contributed by atoms with Gasteiger partial charge in [0.1, 0.15) is 0 Å². The molecule has 0 aliphatic rings. The summed E-state index contributed by atoms with van der Waals surface area (Å²) in [6, 6.07) is 1.89. The highest BCUT2D eigenvalue weighted by Crippen LogP contribution is 2.18. The van der Waals surface area contributed by atoms with Crippen LogP contribution in [0.2, 0.25) is 0 Å². The van der Waals surface area contributed by atoms with E-state index < -0.39 is 0 Å². The molecular formula is C14H24N2O. The van der Waals surface area contributed by atoms with E-state index in [1.54, 1.807) is 6.20 Å². The van der Waals surface area contributed by atoms with Gasteiger partial charge in [0.25, 0.3) is 0 Å². The second-order valence-corrected chi connectivity index (χ2v) is 4.52. The first-order valence-electron chi connectivity index (χ1n) is 6.59. The highest BCUT2D eigenvalue weighted by Gasteiger charge is 2.01. The molecule has 3 nitrogen and oxygen atoms in total. The van der Waals surface area contributed by atoms with Gasteiger partial charge in [0.05, 0.1) is 12.3 Å². The number of aromatic nitrogens is 1. The number of nitrogen functional groups attached to an aromatic ring is 1. The van der Waals surface area contributed by atoms with Crippen LogP contribution in [0.25, 0.3) is 0 Å². The first-order valence-corrected chi connectivity index (χ1v) is 6.59. The first kappa shape index (κ1) is 13.8. The lowest BCUT2D eigenvalue weighted by Crippen LogP contribution is -2.02. The molecular weight excluding hydrogens is 212 g/mol. The van der Waals surface area contributed by atoms with E-state index in [2.05, 4.69) is 11.9 Å². The lowest BCUT2D eigenvalue weighted by atomic mass is 10.1. The third kappa shape index (κ3) is 5.57. The average molecular weight is 236 g/mol. The van der Waals surface area contributed by atoms with Gasteiger partial charge < -0.3 is 10.5 Å². The van der Waals surface area contributed by atoms with E-state index in [0.29, 0.717) is 18.2 Å².